The van der Waals surface area contributed by atoms with Crippen molar-refractivity contribution in [1.29, 1.82) is 0 Å². The zero-order valence-electron chi connectivity index (χ0n) is 28.3. The van der Waals surface area contributed by atoms with Gasteiger partial charge < -0.3 is 31.1 Å². The van der Waals surface area contributed by atoms with Crippen LogP contribution in [0, 0.1) is 5.92 Å². The van der Waals surface area contributed by atoms with Crippen LogP contribution < -0.4 is 16.4 Å². The van der Waals surface area contributed by atoms with Crippen molar-refractivity contribution in [2.24, 2.45) is 11.7 Å². The topological polar surface area (TPSA) is 240 Å². The summed E-state index contributed by atoms with van der Waals surface area (Å²) in [6.07, 6.45) is 6.89. The van der Waals surface area contributed by atoms with Crippen molar-refractivity contribution in [3.63, 3.8) is 0 Å². The first-order chi connectivity index (χ1) is 23.9. The number of hydrogen-bond donors (Lipinski definition) is 5. The Kier molecular flexibility index (Phi) is 9.98. The number of primary amides is 1. The number of fused-ring (bicyclic) bond motifs is 1. The van der Waals surface area contributed by atoms with Crippen LogP contribution in [0.2, 0.25) is 0 Å². The lowest BCUT2D eigenvalue weighted by Gasteiger charge is -2.37. The fraction of sp³-hybridized carbons (Fsp3) is 0.606. The number of amides is 4. The van der Waals surface area contributed by atoms with Gasteiger partial charge in [0.1, 0.15) is 34.3 Å². The molecule has 2 aromatic heterocycles. The molecule has 17 heteroatoms. The largest absolute Gasteiger partial charge is 0.384 e. The SMILES string of the molecule is CC(C)(O)c1cnnn1[C@H]1C[C@@H](C(=O)NC2(C(=O)C(N)=O)CCOCC2)N(C(=O)[C@@H](CC2CCCCC2)NC(=O)c2ccc3n[nH]nc3c2)C1. The Labute approximate surface area is 288 Å². The predicted octanol–water partition coefficient (Wildman–Crippen LogP) is 0.408. The maximum atomic E-state index is 14.7. The number of aromatic nitrogens is 6. The molecule has 3 atom stereocenters. The van der Waals surface area contributed by atoms with Crippen LogP contribution in [0.3, 0.4) is 0 Å². The first kappa shape index (κ1) is 35.1. The number of hydrogen-bond acceptors (Lipinski definition) is 11. The van der Waals surface area contributed by atoms with Crippen molar-refractivity contribution in [3.05, 3.63) is 35.7 Å². The Morgan fingerprint density at radius 3 is 2.52 bits per heavy atom. The molecule has 1 saturated carbocycles. The first-order valence-corrected chi connectivity index (χ1v) is 17.2. The van der Waals surface area contributed by atoms with Crippen molar-refractivity contribution in [1.82, 2.24) is 45.9 Å². The van der Waals surface area contributed by atoms with Crippen LogP contribution in [0.5, 0.6) is 0 Å². The van der Waals surface area contributed by atoms with Gasteiger partial charge in [0.25, 0.3) is 11.8 Å². The number of ether oxygens (including phenoxy) is 1. The number of H-pyrrole nitrogens is 1. The van der Waals surface area contributed by atoms with E-state index in [-0.39, 0.29) is 44.9 Å². The van der Waals surface area contributed by atoms with Crippen molar-refractivity contribution in [3.8, 4) is 0 Å². The van der Waals surface area contributed by atoms with E-state index in [1.165, 1.54) is 15.8 Å². The molecule has 17 nitrogen and oxygen atoms in total. The van der Waals surface area contributed by atoms with Gasteiger partial charge in [-0.15, -0.1) is 5.10 Å². The van der Waals surface area contributed by atoms with Gasteiger partial charge in [-0.25, -0.2) is 4.68 Å². The van der Waals surface area contributed by atoms with Crippen molar-refractivity contribution >= 4 is 40.4 Å². The highest BCUT2D eigenvalue weighted by molar-refractivity contribution is 6.39. The van der Waals surface area contributed by atoms with Crippen molar-refractivity contribution in [2.75, 3.05) is 19.8 Å². The number of nitrogens with zero attached hydrogens (tertiary/aromatic N) is 6. The minimum Gasteiger partial charge on any atom is -0.384 e. The number of nitrogens with one attached hydrogen (secondary N) is 3. The summed E-state index contributed by atoms with van der Waals surface area (Å²) in [5.74, 6) is -3.54. The second-order valence-corrected chi connectivity index (χ2v) is 14.2. The molecular weight excluding hydrogens is 648 g/mol. The third-order valence-corrected chi connectivity index (χ3v) is 10.3. The van der Waals surface area contributed by atoms with Gasteiger partial charge in [0.05, 0.1) is 17.9 Å². The second kappa shape index (κ2) is 14.2. The van der Waals surface area contributed by atoms with Crippen molar-refractivity contribution in [2.45, 2.75) is 101 Å². The molecule has 4 amide bonds. The normalized spacial score (nSPS) is 21.9. The molecular formula is C33H44N10O7. The minimum absolute atomic E-state index is 0.00513. The van der Waals surface area contributed by atoms with E-state index in [4.69, 9.17) is 10.5 Å². The van der Waals surface area contributed by atoms with Crippen LogP contribution in [0.4, 0.5) is 0 Å². The Bertz CT molecular complexity index is 1750. The fourth-order valence-corrected chi connectivity index (χ4v) is 7.52. The fourth-order valence-electron chi connectivity index (χ4n) is 7.52. The molecule has 4 heterocycles. The highest BCUT2D eigenvalue weighted by Crippen LogP contribution is 2.34. The summed E-state index contributed by atoms with van der Waals surface area (Å²) in [4.78, 5) is 69.3. The first-order valence-electron chi connectivity index (χ1n) is 17.2. The maximum Gasteiger partial charge on any atom is 0.287 e. The van der Waals surface area contributed by atoms with E-state index in [0.29, 0.717) is 28.7 Å². The van der Waals surface area contributed by atoms with Crippen LogP contribution in [-0.4, -0.2) is 107 Å². The summed E-state index contributed by atoms with van der Waals surface area (Å²) < 4.78 is 6.92. The molecule has 2 aliphatic heterocycles. The molecule has 1 aromatic carbocycles. The lowest BCUT2D eigenvalue weighted by Crippen LogP contribution is -2.64. The van der Waals surface area contributed by atoms with E-state index in [1.54, 1.807) is 32.0 Å². The Balaban J connectivity index is 1.33. The summed E-state index contributed by atoms with van der Waals surface area (Å²) >= 11 is 0. The highest BCUT2D eigenvalue weighted by Gasteiger charge is 2.49. The number of aliphatic hydroxyl groups is 1. The van der Waals surface area contributed by atoms with Gasteiger partial charge in [-0.3, -0.25) is 24.0 Å². The zero-order chi connectivity index (χ0) is 35.6. The molecule has 0 unspecified atom stereocenters. The monoisotopic (exact) mass is 692 g/mol. The average molecular weight is 693 g/mol. The number of nitrogens with two attached hydrogens (primary N) is 1. The number of rotatable bonds is 11. The van der Waals surface area contributed by atoms with Crippen LogP contribution >= 0.6 is 0 Å². The third-order valence-electron chi connectivity index (χ3n) is 10.3. The van der Waals surface area contributed by atoms with Crippen LogP contribution in [0.25, 0.3) is 11.0 Å². The van der Waals surface area contributed by atoms with Gasteiger partial charge in [-0.2, -0.15) is 15.4 Å². The van der Waals surface area contributed by atoms with Crippen molar-refractivity contribution < 1.29 is 33.8 Å². The number of Topliss-reactive ketones (excluding diaryl/α,β-unsaturated/α-hetero) is 1. The van der Waals surface area contributed by atoms with E-state index >= 15 is 0 Å². The third kappa shape index (κ3) is 7.23. The van der Waals surface area contributed by atoms with Crippen LogP contribution in [-0.2, 0) is 29.5 Å². The number of ketones is 1. The van der Waals surface area contributed by atoms with Gasteiger partial charge >= 0.3 is 0 Å². The second-order valence-electron chi connectivity index (χ2n) is 14.2. The summed E-state index contributed by atoms with van der Waals surface area (Å²) in [6, 6.07) is 2.16. The average Bonchev–Trinajstić information content (AvgIpc) is 3.87. The molecule has 0 radical (unpaired) electrons. The molecule has 6 rings (SSSR count). The van der Waals surface area contributed by atoms with E-state index in [2.05, 4.69) is 36.4 Å². The number of carbonyl (C=O) groups excluding carboxylic acids is 5. The maximum absolute atomic E-state index is 14.7. The molecule has 3 aromatic rings. The van der Waals surface area contributed by atoms with E-state index in [0.717, 1.165) is 32.1 Å². The van der Waals surface area contributed by atoms with Gasteiger partial charge in [-0.1, -0.05) is 37.3 Å². The number of likely N-dealkylation sites (tertiary alicyclic amines) is 1. The van der Waals surface area contributed by atoms with Gasteiger partial charge in [0.15, 0.2) is 0 Å². The van der Waals surface area contributed by atoms with Crippen LogP contribution in [0.15, 0.2) is 24.4 Å². The lowest BCUT2D eigenvalue weighted by atomic mass is 9.84. The van der Waals surface area contributed by atoms with Gasteiger partial charge in [-0.05, 0) is 44.4 Å². The molecule has 6 N–H and O–H groups in total. The Morgan fingerprint density at radius 2 is 1.82 bits per heavy atom. The molecule has 50 heavy (non-hydrogen) atoms. The summed E-state index contributed by atoms with van der Waals surface area (Å²) in [5, 5.41) is 35.4. The van der Waals surface area contributed by atoms with E-state index in [1.807, 2.05) is 0 Å². The summed E-state index contributed by atoms with van der Waals surface area (Å²) in [7, 11) is 0. The van der Waals surface area contributed by atoms with Gasteiger partial charge in [0, 0.05) is 44.6 Å². The standard InChI is InChI=1S/C33H44N10O7/c1-32(2,49)26-17-35-41-43(26)21-16-25(30(47)37-33(27(44)28(34)45)10-12-50-13-11-33)42(18-21)31(48)24(14-19-6-4-3-5-7-19)36-29(46)20-8-9-22-23(15-20)39-40-38-22/h8-9,15,17,19,21,24-25,49H,3-7,10-14,16,18H2,1-2H3,(H2,34,45)(H,36,46)(H,37,47)(H,38,39,40)/t21-,24+,25-/m0/s1. The van der Waals surface area contributed by atoms with Crippen LogP contribution in [0.1, 0.15) is 93.7 Å². The number of benzene rings is 1. The zero-order valence-corrected chi connectivity index (χ0v) is 28.3. The Morgan fingerprint density at radius 1 is 1.10 bits per heavy atom. The lowest BCUT2D eigenvalue weighted by molar-refractivity contribution is -0.147. The quantitative estimate of drug-likeness (QED) is 0.172. The van der Waals surface area contributed by atoms with E-state index < -0.39 is 58.7 Å². The molecule has 3 aliphatic rings. The molecule has 268 valence electrons. The predicted molar refractivity (Wildman–Crippen MR) is 176 cm³/mol. The molecule has 3 fully saturated rings. The minimum atomic E-state index is -1.59. The Hall–Kier alpha value is -4.77. The smallest absolute Gasteiger partial charge is 0.287 e. The molecule has 0 spiro atoms. The van der Waals surface area contributed by atoms with E-state index in [9.17, 15) is 29.1 Å². The van der Waals surface area contributed by atoms with Gasteiger partial charge in [0.2, 0.25) is 17.6 Å². The highest BCUT2D eigenvalue weighted by atomic mass is 16.5. The summed E-state index contributed by atoms with van der Waals surface area (Å²) in [5.41, 5.74) is 4.25. The molecule has 0 bridgehead atoms. The molecule has 2 saturated heterocycles. The number of carbonyl (C=O) groups is 5. The number of aromatic amines is 1. The summed E-state index contributed by atoms with van der Waals surface area (Å²) in [6.45, 7) is 3.42. The molecule has 1 aliphatic carbocycles.